The minimum atomic E-state index is 0.0920. The highest BCUT2D eigenvalue weighted by molar-refractivity contribution is 5.55. The van der Waals surface area contributed by atoms with E-state index in [1.165, 1.54) is 50.8 Å². The molecule has 1 N–H and O–H groups in total. The van der Waals surface area contributed by atoms with Gasteiger partial charge in [-0.2, -0.15) is 0 Å². The molecule has 0 spiro atoms. The molecule has 1 saturated carbocycles. The van der Waals surface area contributed by atoms with E-state index in [0.29, 0.717) is 6.04 Å². The van der Waals surface area contributed by atoms with Gasteiger partial charge in [0, 0.05) is 38.4 Å². The van der Waals surface area contributed by atoms with Gasteiger partial charge in [-0.15, -0.1) is 0 Å². The van der Waals surface area contributed by atoms with Crippen LogP contribution >= 0.6 is 0 Å². The van der Waals surface area contributed by atoms with Crippen molar-refractivity contribution >= 4 is 11.5 Å². The van der Waals surface area contributed by atoms with Crippen LogP contribution in [0, 0.1) is 5.92 Å². The van der Waals surface area contributed by atoms with Crippen LogP contribution in [0.1, 0.15) is 57.2 Å². The number of imidazole rings is 1. The van der Waals surface area contributed by atoms with Crippen molar-refractivity contribution in [3.63, 3.8) is 0 Å². The Morgan fingerprint density at radius 3 is 2.60 bits per heavy atom. The molecule has 1 aliphatic carbocycles. The van der Waals surface area contributed by atoms with Crippen LogP contribution in [-0.2, 0) is 0 Å². The van der Waals surface area contributed by atoms with Gasteiger partial charge in [-0.1, -0.05) is 0 Å². The summed E-state index contributed by atoms with van der Waals surface area (Å²) in [5, 5.41) is 3.78. The summed E-state index contributed by atoms with van der Waals surface area (Å²) < 4.78 is 2.11. The molecule has 0 radical (unpaired) electrons. The molecular formula is C27H36N8. The highest BCUT2D eigenvalue weighted by Crippen LogP contribution is 2.29. The summed E-state index contributed by atoms with van der Waals surface area (Å²) >= 11 is 0. The zero-order valence-corrected chi connectivity index (χ0v) is 20.7. The third kappa shape index (κ3) is 5.17. The van der Waals surface area contributed by atoms with Gasteiger partial charge in [0.1, 0.15) is 17.2 Å². The van der Waals surface area contributed by atoms with E-state index in [2.05, 4.69) is 54.9 Å². The number of anilines is 2. The maximum atomic E-state index is 4.84. The average molecular weight is 473 g/mol. The van der Waals surface area contributed by atoms with Gasteiger partial charge in [0.05, 0.1) is 42.3 Å². The normalized spacial score (nSPS) is 21.5. The largest absolute Gasteiger partial charge is 0.369 e. The van der Waals surface area contributed by atoms with Crippen molar-refractivity contribution < 1.29 is 0 Å². The van der Waals surface area contributed by atoms with E-state index in [1.54, 1.807) is 6.20 Å². The van der Waals surface area contributed by atoms with Crippen LogP contribution in [0.15, 0.2) is 43.2 Å². The van der Waals surface area contributed by atoms with Crippen LogP contribution in [0.2, 0.25) is 0 Å². The minimum absolute atomic E-state index is 0.0920. The lowest BCUT2D eigenvalue weighted by Gasteiger charge is -2.35. The monoisotopic (exact) mass is 472 g/mol. The topological polar surface area (TPSA) is 75.0 Å². The van der Waals surface area contributed by atoms with E-state index < -0.39 is 0 Å². The SMILES string of the molecule is CC(c1ccc(N2CCC[C@@H](NCC3CC3)C2)cn1)n1cnc(-c2cncc(N3CCCC3)n2)c1. The van der Waals surface area contributed by atoms with Crippen LogP contribution < -0.4 is 15.1 Å². The van der Waals surface area contributed by atoms with Crippen molar-refractivity contribution in [2.75, 3.05) is 42.5 Å². The van der Waals surface area contributed by atoms with Crippen LogP contribution in [0.4, 0.5) is 11.5 Å². The maximum Gasteiger partial charge on any atom is 0.147 e. The molecule has 8 heteroatoms. The lowest BCUT2D eigenvalue weighted by molar-refractivity contribution is 0.416. The molecule has 0 bridgehead atoms. The molecule has 3 aliphatic rings. The Hall–Kier alpha value is -3.00. The predicted molar refractivity (Wildman–Crippen MR) is 139 cm³/mol. The van der Waals surface area contributed by atoms with E-state index in [9.17, 15) is 0 Å². The second-order valence-electron chi connectivity index (χ2n) is 10.4. The first-order chi connectivity index (χ1) is 17.2. The number of piperidine rings is 1. The Balaban J connectivity index is 1.11. The smallest absolute Gasteiger partial charge is 0.147 e. The number of hydrogen-bond donors (Lipinski definition) is 1. The summed E-state index contributed by atoms with van der Waals surface area (Å²) in [6, 6.07) is 5.08. The fourth-order valence-corrected chi connectivity index (χ4v) is 5.28. The standard InChI is InChI=1S/C27H36N8/c1-20(35-18-26(31-19-35)25-15-28-16-27(32-25)33-10-2-3-11-33)24-9-8-23(14-30-24)34-12-4-5-22(17-34)29-13-21-6-7-21/h8-9,14-16,18-22,29H,2-7,10-13,17H2,1H3/t20?,22-/m1/s1. The van der Waals surface area contributed by atoms with E-state index in [1.807, 2.05) is 18.7 Å². The first-order valence-corrected chi connectivity index (χ1v) is 13.3. The molecule has 3 aromatic heterocycles. The van der Waals surface area contributed by atoms with Crippen LogP contribution in [0.3, 0.4) is 0 Å². The van der Waals surface area contributed by atoms with Gasteiger partial charge in [0.15, 0.2) is 0 Å². The Bertz CT molecular complexity index is 1120. The van der Waals surface area contributed by atoms with Crippen LogP contribution in [-0.4, -0.2) is 63.3 Å². The minimum Gasteiger partial charge on any atom is -0.369 e. The first-order valence-electron chi connectivity index (χ1n) is 13.3. The van der Waals surface area contributed by atoms with Crippen molar-refractivity contribution in [3.8, 4) is 11.4 Å². The van der Waals surface area contributed by atoms with Crippen molar-refractivity contribution in [3.05, 3.63) is 48.9 Å². The van der Waals surface area contributed by atoms with Crippen molar-refractivity contribution in [1.82, 2.24) is 29.8 Å². The van der Waals surface area contributed by atoms with Gasteiger partial charge in [0.25, 0.3) is 0 Å². The zero-order chi connectivity index (χ0) is 23.6. The summed E-state index contributed by atoms with van der Waals surface area (Å²) in [4.78, 5) is 23.5. The molecule has 184 valence electrons. The molecule has 0 aromatic carbocycles. The molecule has 2 atom stereocenters. The summed E-state index contributed by atoms with van der Waals surface area (Å²) in [5.41, 5.74) is 3.92. The number of hydrogen-bond acceptors (Lipinski definition) is 7. The van der Waals surface area contributed by atoms with E-state index in [0.717, 1.165) is 55.0 Å². The number of aromatic nitrogens is 5. The summed E-state index contributed by atoms with van der Waals surface area (Å²) in [6.45, 7) is 7.65. The van der Waals surface area contributed by atoms with E-state index in [4.69, 9.17) is 9.97 Å². The second-order valence-corrected chi connectivity index (χ2v) is 10.4. The lowest BCUT2D eigenvalue weighted by atomic mass is 10.0. The molecule has 5 heterocycles. The van der Waals surface area contributed by atoms with Gasteiger partial charge >= 0.3 is 0 Å². The fraction of sp³-hybridized carbons (Fsp3) is 0.556. The van der Waals surface area contributed by atoms with Gasteiger partial charge in [-0.3, -0.25) is 9.97 Å². The van der Waals surface area contributed by atoms with Gasteiger partial charge in [0.2, 0.25) is 0 Å². The molecule has 0 amide bonds. The molecule has 35 heavy (non-hydrogen) atoms. The van der Waals surface area contributed by atoms with Gasteiger partial charge in [-0.25, -0.2) is 9.97 Å². The van der Waals surface area contributed by atoms with E-state index >= 15 is 0 Å². The van der Waals surface area contributed by atoms with Gasteiger partial charge in [-0.05, 0) is 70.0 Å². The van der Waals surface area contributed by atoms with Crippen molar-refractivity contribution in [2.24, 2.45) is 5.92 Å². The number of rotatable bonds is 8. The Morgan fingerprint density at radius 2 is 1.80 bits per heavy atom. The van der Waals surface area contributed by atoms with Crippen molar-refractivity contribution in [1.29, 1.82) is 0 Å². The molecule has 3 fully saturated rings. The highest BCUT2D eigenvalue weighted by atomic mass is 15.2. The van der Waals surface area contributed by atoms with Crippen LogP contribution in [0.5, 0.6) is 0 Å². The Labute approximate surface area is 207 Å². The zero-order valence-electron chi connectivity index (χ0n) is 20.7. The van der Waals surface area contributed by atoms with E-state index in [-0.39, 0.29) is 6.04 Å². The Morgan fingerprint density at radius 1 is 0.943 bits per heavy atom. The predicted octanol–water partition coefficient (Wildman–Crippen LogP) is 3.91. The number of pyridine rings is 1. The average Bonchev–Trinajstić information content (AvgIpc) is 3.35. The Kier molecular flexibility index (Phi) is 6.37. The third-order valence-electron chi connectivity index (χ3n) is 7.74. The molecule has 1 unspecified atom stereocenters. The molecule has 8 nitrogen and oxygen atoms in total. The summed E-state index contributed by atoms with van der Waals surface area (Å²) in [5.74, 6) is 1.88. The third-order valence-corrected chi connectivity index (χ3v) is 7.74. The molecule has 2 aliphatic heterocycles. The van der Waals surface area contributed by atoms with Crippen molar-refractivity contribution in [2.45, 2.75) is 57.5 Å². The number of nitrogens with zero attached hydrogens (tertiary/aromatic N) is 7. The fourth-order valence-electron chi connectivity index (χ4n) is 5.28. The number of nitrogens with one attached hydrogen (secondary N) is 1. The highest BCUT2D eigenvalue weighted by Gasteiger charge is 2.25. The maximum absolute atomic E-state index is 4.84. The van der Waals surface area contributed by atoms with Crippen LogP contribution in [0.25, 0.3) is 11.4 Å². The summed E-state index contributed by atoms with van der Waals surface area (Å²) in [6.07, 6.45) is 17.4. The molecule has 3 aromatic rings. The lowest BCUT2D eigenvalue weighted by Crippen LogP contribution is -2.46. The molecule has 2 saturated heterocycles. The molecular weight excluding hydrogens is 436 g/mol. The molecule has 6 rings (SSSR count). The quantitative estimate of drug-likeness (QED) is 0.533. The second kappa shape index (κ2) is 9.93. The summed E-state index contributed by atoms with van der Waals surface area (Å²) in [7, 11) is 0. The first kappa shape index (κ1) is 22.5. The van der Waals surface area contributed by atoms with Gasteiger partial charge < -0.3 is 19.7 Å².